The van der Waals surface area contributed by atoms with E-state index in [2.05, 4.69) is 18.4 Å². The van der Waals surface area contributed by atoms with Crippen LogP contribution in [0.1, 0.15) is 60.4 Å². The first-order chi connectivity index (χ1) is 12.1. The van der Waals surface area contributed by atoms with Crippen molar-refractivity contribution < 1.29 is 14.3 Å². The van der Waals surface area contributed by atoms with Crippen LogP contribution in [0.3, 0.4) is 0 Å². The fourth-order valence-corrected chi connectivity index (χ4v) is 3.81. The van der Waals surface area contributed by atoms with Crippen LogP contribution in [0, 0.1) is 13.8 Å². The highest BCUT2D eigenvalue weighted by Crippen LogP contribution is 2.33. The molecule has 1 aliphatic rings. The number of nitrogens with zero attached hydrogens (tertiary/aromatic N) is 1. The number of carbonyl (C=O) groups excluding carboxylic acids is 1. The van der Waals surface area contributed by atoms with Crippen molar-refractivity contribution in [1.29, 1.82) is 0 Å². The number of ketones is 1. The van der Waals surface area contributed by atoms with Crippen LogP contribution in [0.2, 0.25) is 0 Å². The van der Waals surface area contributed by atoms with E-state index < -0.39 is 0 Å². The van der Waals surface area contributed by atoms with Gasteiger partial charge in [-0.05, 0) is 63.9 Å². The maximum absolute atomic E-state index is 12.6. The summed E-state index contributed by atoms with van der Waals surface area (Å²) in [6.07, 6.45) is 5.00. The molecule has 3 rings (SSSR count). The first kappa shape index (κ1) is 17.6. The minimum absolute atomic E-state index is 0.0335. The van der Waals surface area contributed by atoms with E-state index in [1.807, 2.05) is 37.3 Å². The Morgan fingerprint density at radius 3 is 2.28 bits per heavy atom. The van der Waals surface area contributed by atoms with Gasteiger partial charge in [-0.15, -0.1) is 0 Å². The Bertz CT molecular complexity index is 724. The number of benzene rings is 1. The molecule has 4 heteroatoms. The van der Waals surface area contributed by atoms with Gasteiger partial charge in [0.05, 0.1) is 6.61 Å². The standard InChI is InChI=1S/C21H27NO3/c1-4-24-18-9-11-19(12-10-18)25-14-21(23)20-13-15(2)22(16(20)3)17-7-5-6-8-17/h9-13,17H,4-8,14H2,1-3H3. The summed E-state index contributed by atoms with van der Waals surface area (Å²) in [6, 6.07) is 9.94. The summed E-state index contributed by atoms with van der Waals surface area (Å²) in [6.45, 7) is 6.79. The van der Waals surface area contributed by atoms with E-state index >= 15 is 0 Å². The summed E-state index contributed by atoms with van der Waals surface area (Å²) in [5.41, 5.74) is 3.04. The third-order valence-electron chi connectivity index (χ3n) is 4.98. The second kappa shape index (κ2) is 7.77. The lowest BCUT2D eigenvalue weighted by Gasteiger charge is -2.17. The lowest BCUT2D eigenvalue weighted by atomic mass is 10.1. The molecule has 1 aromatic heterocycles. The third kappa shape index (κ3) is 3.89. The van der Waals surface area contributed by atoms with Crippen molar-refractivity contribution in [2.24, 2.45) is 0 Å². The molecule has 0 aliphatic heterocycles. The average Bonchev–Trinajstić information content (AvgIpc) is 3.22. The number of carbonyl (C=O) groups is 1. The van der Waals surface area contributed by atoms with Gasteiger partial charge in [0.25, 0.3) is 0 Å². The second-order valence-corrected chi connectivity index (χ2v) is 6.71. The van der Waals surface area contributed by atoms with Crippen molar-refractivity contribution in [2.45, 2.75) is 52.5 Å². The Labute approximate surface area is 149 Å². The second-order valence-electron chi connectivity index (χ2n) is 6.71. The molecule has 25 heavy (non-hydrogen) atoms. The molecule has 0 spiro atoms. The Morgan fingerprint density at radius 2 is 1.68 bits per heavy atom. The van der Waals surface area contributed by atoms with E-state index in [9.17, 15) is 4.79 Å². The summed E-state index contributed by atoms with van der Waals surface area (Å²) in [5, 5.41) is 0. The van der Waals surface area contributed by atoms with Crippen molar-refractivity contribution in [3.63, 3.8) is 0 Å². The fourth-order valence-electron chi connectivity index (χ4n) is 3.81. The van der Waals surface area contributed by atoms with Crippen LogP contribution >= 0.6 is 0 Å². The maximum Gasteiger partial charge on any atom is 0.202 e. The van der Waals surface area contributed by atoms with Crippen molar-refractivity contribution in [1.82, 2.24) is 4.57 Å². The summed E-state index contributed by atoms with van der Waals surface area (Å²) in [4.78, 5) is 12.6. The van der Waals surface area contributed by atoms with Crippen LogP contribution in [0.15, 0.2) is 30.3 Å². The maximum atomic E-state index is 12.6. The highest BCUT2D eigenvalue weighted by atomic mass is 16.5. The van der Waals surface area contributed by atoms with Crippen molar-refractivity contribution in [3.8, 4) is 11.5 Å². The first-order valence-corrected chi connectivity index (χ1v) is 9.17. The summed E-state index contributed by atoms with van der Waals surface area (Å²) >= 11 is 0. The van der Waals surface area contributed by atoms with E-state index in [0.29, 0.717) is 18.4 Å². The average molecular weight is 341 g/mol. The first-order valence-electron chi connectivity index (χ1n) is 9.17. The quantitative estimate of drug-likeness (QED) is 0.674. The molecule has 4 nitrogen and oxygen atoms in total. The van der Waals surface area contributed by atoms with E-state index in [-0.39, 0.29) is 12.4 Å². The molecule has 0 N–H and O–H groups in total. The van der Waals surface area contributed by atoms with E-state index in [1.54, 1.807) is 0 Å². The third-order valence-corrected chi connectivity index (χ3v) is 4.98. The normalized spacial score (nSPS) is 14.7. The number of aryl methyl sites for hydroxylation is 1. The fraction of sp³-hybridized carbons (Fsp3) is 0.476. The van der Waals surface area contributed by atoms with Crippen LogP contribution in [0.25, 0.3) is 0 Å². The molecule has 0 bridgehead atoms. The van der Waals surface area contributed by atoms with Gasteiger partial charge in [-0.25, -0.2) is 0 Å². The highest BCUT2D eigenvalue weighted by molar-refractivity contribution is 5.98. The summed E-state index contributed by atoms with van der Waals surface area (Å²) < 4.78 is 13.4. The zero-order chi connectivity index (χ0) is 17.8. The molecule has 1 aliphatic carbocycles. The van der Waals surface area contributed by atoms with Gasteiger partial charge in [-0.3, -0.25) is 4.79 Å². The molecular weight excluding hydrogens is 314 g/mol. The van der Waals surface area contributed by atoms with Gasteiger partial charge in [0, 0.05) is 23.0 Å². The predicted molar refractivity (Wildman–Crippen MR) is 98.8 cm³/mol. The monoisotopic (exact) mass is 341 g/mol. The molecule has 0 radical (unpaired) electrons. The van der Waals surface area contributed by atoms with Crippen LogP contribution in [0.5, 0.6) is 11.5 Å². The molecule has 0 unspecified atom stereocenters. The molecule has 1 saturated carbocycles. The summed E-state index contributed by atoms with van der Waals surface area (Å²) in [7, 11) is 0. The minimum Gasteiger partial charge on any atom is -0.494 e. The SMILES string of the molecule is CCOc1ccc(OCC(=O)c2cc(C)n(C3CCCC3)c2C)cc1. The number of rotatable bonds is 7. The largest absolute Gasteiger partial charge is 0.494 e. The topological polar surface area (TPSA) is 40.5 Å². The number of hydrogen-bond acceptors (Lipinski definition) is 3. The van der Waals surface area contributed by atoms with E-state index in [4.69, 9.17) is 9.47 Å². The van der Waals surface area contributed by atoms with Gasteiger partial charge in [-0.2, -0.15) is 0 Å². The van der Waals surface area contributed by atoms with Crippen molar-refractivity contribution in [3.05, 3.63) is 47.3 Å². The van der Waals surface area contributed by atoms with Gasteiger partial charge in [0.15, 0.2) is 6.61 Å². The lowest BCUT2D eigenvalue weighted by Crippen LogP contribution is -2.14. The summed E-state index contributed by atoms with van der Waals surface area (Å²) in [5.74, 6) is 1.52. The van der Waals surface area contributed by atoms with Crippen molar-refractivity contribution in [2.75, 3.05) is 13.2 Å². The predicted octanol–water partition coefficient (Wildman–Crippen LogP) is 4.88. The van der Waals surface area contributed by atoms with Gasteiger partial charge in [0.2, 0.25) is 5.78 Å². The van der Waals surface area contributed by atoms with Gasteiger partial charge in [0.1, 0.15) is 11.5 Å². The Morgan fingerprint density at radius 1 is 1.08 bits per heavy atom. The highest BCUT2D eigenvalue weighted by Gasteiger charge is 2.23. The molecule has 0 saturated heterocycles. The van der Waals surface area contributed by atoms with Crippen LogP contribution < -0.4 is 9.47 Å². The number of Topliss-reactive ketones (excluding diaryl/α,β-unsaturated/α-hetero) is 1. The van der Waals surface area contributed by atoms with Gasteiger partial charge >= 0.3 is 0 Å². The van der Waals surface area contributed by atoms with E-state index in [0.717, 1.165) is 17.0 Å². The molecule has 1 fully saturated rings. The van der Waals surface area contributed by atoms with Crippen LogP contribution in [-0.2, 0) is 0 Å². The molecular formula is C21H27NO3. The minimum atomic E-state index is 0.0335. The Kier molecular flexibility index (Phi) is 5.47. The molecule has 1 aromatic carbocycles. The van der Waals surface area contributed by atoms with Crippen LogP contribution in [-0.4, -0.2) is 23.6 Å². The zero-order valence-corrected chi connectivity index (χ0v) is 15.4. The molecule has 0 atom stereocenters. The molecule has 0 amide bonds. The number of hydrogen-bond donors (Lipinski definition) is 0. The van der Waals surface area contributed by atoms with E-state index in [1.165, 1.54) is 31.4 Å². The Balaban J connectivity index is 1.66. The molecule has 1 heterocycles. The number of aromatic nitrogens is 1. The van der Waals surface area contributed by atoms with Gasteiger partial charge < -0.3 is 14.0 Å². The lowest BCUT2D eigenvalue weighted by molar-refractivity contribution is 0.0920. The smallest absolute Gasteiger partial charge is 0.202 e. The molecule has 134 valence electrons. The van der Waals surface area contributed by atoms with Gasteiger partial charge in [-0.1, -0.05) is 12.8 Å². The number of ether oxygens (including phenoxy) is 2. The Hall–Kier alpha value is -2.23. The van der Waals surface area contributed by atoms with Crippen LogP contribution in [0.4, 0.5) is 0 Å². The van der Waals surface area contributed by atoms with Crippen molar-refractivity contribution >= 4 is 5.78 Å². The zero-order valence-electron chi connectivity index (χ0n) is 15.4. The molecule has 2 aromatic rings.